The van der Waals surface area contributed by atoms with E-state index < -0.39 is 5.60 Å². The van der Waals surface area contributed by atoms with Crippen molar-refractivity contribution in [3.63, 3.8) is 0 Å². The lowest BCUT2D eigenvalue weighted by Crippen LogP contribution is -2.51. The van der Waals surface area contributed by atoms with Crippen LogP contribution in [0.25, 0.3) is 0 Å². The maximum absolute atomic E-state index is 11.3. The van der Waals surface area contributed by atoms with Crippen molar-refractivity contribution in [3.05, 3.63) is 34.9 Å². The number of nitrogens with one attached hydrogen (secondary N) is 1. The molecule has 2 N–H and O–H groups in total. The fourth-order valence-corrected chi connectivity index (χ4v) is 2.95. The predicted molar refractivity (Wildman–Crippen MR) is 83.7 cm³/mol. The van der Waals surface area contributed by atoms with Gasteiger partial charge in [0.25, 0.3) is 0 Å². The minimum absolute atomic E-state index is 0.257. The Morgan fingerprint density at radius 3 is 3.00 bits per heavy atom. The molecule has 0 saturated carbocycles. The summed E-state index contributed by atoms with van der Waals surface area (Å²) in [5.41, 5.74) is -0.201. The van der Waals surface area contributed by atoms with Gasteiger partial charge >= 0.3 is 0 Å². The molecule has 0 aromatic heterocycles. The molecule has 0 amide bonds. The summed E-state index contributed by atoms with van der Waals surface area (Å²) in [6.45, 7) is 2.79. The highest BCUT2D eigenvalue weighted by atomic mass is 35.5. The van der Waals surface area contributed by atoms with Crippen LogP contribution in [-0.2, 0) is 15.1 Å². The van der Waals surface area contributed by atoms with Gasteiger partial charge in [0.2, 0.25) is 0 Å². The molecule has 1 aromatic rings. The van der Waals surface area contributed by atoms with E-state index in [9.17, 15) is 5.11 Å². The van der Waals surface area contributed by atoms with E-state index in [0.717, 1.165) is 24.9 Å². The van der Waals surface area contributed by atoms with Gasteiger partial charge in [-0.25, -0.2) is 0 Å². The van der Waals surface area contributed by atoms with Crippen molar-refractivity contribution in [1.82, 2.24) is 5.32 Å². The Morgan fingerprint density at radius 1 is 1.48 bits per heavy atom. The molecular formula is C16H24ClNO3. The number of hydrogen-bond donors (Lipinski definition) is 2. The van der Waals surface area contributed by atoms with Crippen LogP contribution in [0.4, 0.5) is 0 Å². The lowest BCUT2D eigenvalue weighted by Gasteiger charge is -2.39. The number of methoxy groups -OCH3 is 1. The van der Waals surface area contributed by atoms with E-state index in [0.29, 0.717) is 31.2 Å². The number of aliphatic hydroxyl groups is 1. The number of halogens is 1. The van der Waals surface area contributed by atoms with Gasteiger partial charge in [0.1, 0.15) is 11.7 Å². The van der Waals surface area contributed by atoms with Crippen LogP contribution >= 0.6 is 11.6 Å². The van der Waals surface area contributed by atoms with Gasteiger partial charge in [-0.15, -0.1) is 0 Å². The Labute approximate surface area is 131 Å². The lowest BCUT2D eigenvalue weighted by atomic mass is 9.83. The van der Waals surface area contributed by atoms with Crippen molar-refractivity contribution in [3.8, 4) is 0 Å². The summed E-state index contributed by atoms with van der Waals surface area (Å²) in [6.07, 6.45) is 2.16. The van der Waals surface area contributed by atoms with Crippen molar-refractivity contribution >= 4 is 11.6 Å². The Hall–Kier alpha value is -0.650. The second kappa shape index (κ2) is 8.11. The quantitative estimate of drug-likeness (QED) is 0.759. The van der Waals surface area contributed by atoms with E-state index in [1.165, 1.54) is 0 Å². The normalized spacial score (nSPS) is 22.0. The molecule has 1 aromatic carbocycles. The third-order valence-electron chi connectivity index (χ3n) is 3.94. The summed E-state index contributed by atoms with van der Waals surface area (Å²) >= 11 is 6.09. The Bertz CT molecular complexity index is 437. The average Bonchev–Trinajstić information content (AvgIpc) is 2.52. The second-order valence-corrected chi connectivity index (χ2v) is 5.88. The molecule has 5 heteroatoms. The lowest BCUT2D eigenvalue weighted by molar-refractivity contribution is -0.130. The first-order valence-electron chi connectivity index (χ1n) is 7.46. The first kappa shape index (κ1) is 16.7. The monoisotopic (exact) mass is 313 g/mol. The number of rotatable bonds is 7. The van der Waals surface area contributed by atoms with Crippen LogP contribution < -0.4 is 5.32 Å². The Morgan fingerprint density at radius 2 is 2.33 bits per heavy atom. The maximum Gasteiger partial charge on any atom is 0.117 e. The zero-order valence-corrected chi connectivity index (χ0v) is 13.2. The molecule has 2 atom stereocenters. The summed E-state index contributed by atoms with van der Waals surface area (Å²) in [6, 6.07) is 7.43. The Balaban J connectivity index is 2.15. The van der Waals surface area contributed by atoms with Crippen molar-refractivity contribution in [1.29, 1.82) is 0 Å². The first-order valence-corrected chi connectivity index (χ1v) is 7.84. The zero-order chi connectivity index (χ0) is 15.1. The van der Waals surface area contributed by atoms with Crippen LogP contribution in [0.2, 0.25) is 5.02 Å². The van der Waals surface area contributed by atoms with Crippen LogP contribution in [0.15, 0.2) is 24.3 Å². The Kier molecular flexibility index (Phi) is 6.45. The molecule has 1 fully saturated rings. The summed E-state index contributed by atoms with van der Waals surface area (Å²) in [7, 11) is 1.69. The summed E-state index contributed by atoms with van der Waals surface area (Å²) in [4.78, 5) is 0. The second-order valence-electron chi connectivity index (χ2n) is 5.45. The fourth-order valence-electron chi connectivity index (χ4n) is 2.76. The molecule has 1 saturated heterocycles. The van der Waals surface area contributed by atoms with E-state index in [4.69, 9.17) is 21.1 Å². The van der Waals surface area contributed by atoms with Gasteiger partial charge in [0.05, 0.1) is 6.61 Å². The van der Waals surface area contributed by atoms with E-state index in [2.05, 4.69) is 5.32 Å². The molecule has 21 heavy (non-hydrogen) atoms. The number of unbranched alkanes of at least 4 members (excludes halogenated alkanes) is 1. The number of morpholine rings is 1. The topological polar surface area (TPSA) is 50.7 Å². The summed E-state index contributed by atoms with van der Waals surface area (Å²) in [5.74, 6) is 0. The highest BCUT2D eigenvalue weighted by Gasteiger charge is 2.39. The van der Waals surface area contributed by atoms with Crippen LogP contribution in [0, 0.1) is 0 Å². The molecule has 118 valence electrons. The minimum Gasteiger partial charge on any atom is -0.385 e. The van der Waals surface area contributed by atoms with E-state index in [1.54, 1.807) is 7.11 Å². The first-order chi connectivity index (χ1) is 10.2. The largest absolute Gasteiger partial charge is 0.385 e. The van der Waals surface area contributed by atoms with Crippen molar-refractivity contribution in [2.24, 2.45) is 0 Å². The van der Waals surface area contributed by atoms with Gasteiger partial charge in [-0.1, -0.05) is 23.7 Å². The molecule has 0 unspecified atom stereocenters. The molecule has 1 aliphatic heterocycles. The average molecular weight is 314 g/mol. The standard InChI is InChI=1S/C16H24ClNO3/c1-20-9-3-2-7-16(19,15-12-18-8-10-21-15)13-5-4-6-14(17)11-13/h4-6,11,15,18-19H,2-3,7-10,12H2,1H3/t15-,16+/m1/s1. The fraction of sp³-hybridized carbons (Fsp3) is 0.625. The molecule has 1 aliphatic rings. The van der Waals surface area contributed by atoms with E-state index in [-0.39, 0.29) is 6.10 Å². The number of hydrogen-bond acceptors (Lipinski definition) is 4. The zero-order valence-electron chi connectivity index (χ0n) is 12.5. The van der Waals surface area contributed by atoms with E-state index in [1.807, 2.05) is 24.3 Å². The van der Waals surface area contributed by atoms with Crippen molar-refractivity contribution < 1.29 is 14.6 Å². The highest BCUT2D eigenvalue weighted by Crippen LogP contribution is 2.34. The maximum atomic E-state index is 11.3. The molecule has 0 spiro atoms. The number of ether oxygens (including phenoxy) is 2. The van der Waals surface area contributed by atoms with Crippen LogP contribution in [0.3, 0.4) is 0 Å². The van der Waals surface area contributed by atoms with Crippen LogP contribution in [0.1, 0.15) is 24.8 Å². The molecule has 0 bridgehead atoms. The van der Waals surface area contributed by atoms with Gasteiger partial charge in [-0.3, -0.25) is 0 Å². The summed E-state index contributed by atoms with van der Waals surface area (Å²) < 4.78 is 10.9. The summed E-state index contributed by atoms with van der Waals surface area (Å²) in [5, 5.41) is 15.2. The van der Waals surface area contributed by atoms with Gasteiger partial charge in [-0.2, -0.15) is 0 Å². The van der Waals surface area contributed by atoms with Gasteiger partial charge in [0, 0.05) is 31.8 Å². The molecule has 2 rings (SSSR count). The predicted octanol–water partition coefficient (Wildman–Crippen LogP) is 2.33. The van der Waals surface area contributed by atoms with Crippen LogP contribution in [-0.4, -0.2) is 44.6 Å². The SMILES string of the molecule is COCCCC[C@](O)(c1cccc(Cl)c1)[C@H]1CNCCO1. The van der Waals surface area contributed by atoms with Gasteiger partial charge in [0.15, 0.2) is 0 Å². The molecule has 1 heterocycles. The van der Waals surface area contributed by atoms with Gasteiger partial charge < -0.3 is 19.9 Å². The smallest absolute Gasteiger partial charge is 0.117 e. The third-order valence-corrected chi connectivity index (χ3v) is 4.18. The highest BCUT2D eigenvalue weighted by molar-refractivity contribution is 6.30. The molecule has 4 nitrogen and oxygen atoms in total. The molecule has 0 aliphatic carbocycles. The van der Waals surface area contributed by atoms with Crippen LogP contribution in [0.5, 0.6) is 0 Å². The van der Waals surface area contributed by atoms with Crippen molar-refractivity contribution in [2.75, 3.05) is 33.4 Å². The van der Waals surface area contributed by atoms with Crippen molar-refractivity contribution in [2.45, 2.75) is 31.0 Å². The third kappa shape index (κ3) is 4.41. The van der Waals surface area contributed by atoms with Gasteiger partial charge in [-0.05, 0) is 37.0 Å². The molecule has 0 radical (unpaired) electrons. The minimum atomic E-state index is -1.02. The number of benzene rings is 1. The molecular weight excluding hydrogens is 290 g/mol. The van der Waals surface area contributed by atoms with E-state index >= 15 is 0 Å².